The Hall–Kier alpha value is -2.91. The third-order valence-electron chi connectivity index (χ3n) is 6.39. The molecule has 176 valence electrons. The summed E-state index contributed by atoms with van der Waals surface area (Å²) in [6.07, 6.45) is 1.81. The summed E-state index contributed by atoms with van der Waals surface area (Å²) in [6, 6.07) is 13.5. The number of anilines is 2. The number of hydrogen-bond donors (Lipinski definition) is 1. The smallest absolute Gasteiger partial charge is 0.243 e. The zero-order chi connectivity index (χ0) is 23.6. The second-order valence-corrected chi connectivity index (χ2v) is 10.6. The van der Waals surface area contributed by atoms with Gasteiger partial charge in [0, 0.05) is 31.7 Å². The normalized spacial score (nSPS) is 20.1. The van der Waals surface area contributed by atoms with Crippen LogP contribution in [0.2, 0.25) is 0 Å². The van der Waals surface area contributed by atoms with Crippen LogP contribution < -0.4 is 15.0 Å². The summed E-state index contributed by atoms with van der Waals surface area (Å²) in [5.41, 5.74) is 1.14. The molecule has 1 N–H and O–H groups in total. The Bertz CT molecular complexity index is 1130. The molecule has 2 aliphatic heterocycles. The molecule has 2 aliphatic rings. The number of rotatable bonds is 6. The van der Waals surface area contributed by atoms with Crippen molar-refractivity contribution in [2.45, 2.75) is 31.1 Å². The van der Waals surface area contributed by atoms with E-state index >= 15 is 0 Å². The largest absolute Gasteiger partial charge is 0.495 e. The van der Waals surface area contributed by atoms with Gasteiger partial charge in [0.15, 0.2) is 0 Å². The molecule has 2 fully saturated rings. The van der Waals surface area contributed by atoms with E-state index in [0.29, 0.717) is 36.1 Å². The molecule has 4 rings (SSSR count). The van der Waals surface area contributed by atoms with Crippen LogP contribution in [0.5, 0.6) is 5.75 Å². The van der Waals surface area contributed by atoms with E-state index < -0.39 is 15.9 Å². The van der Waals surface area contributed by atoms with Crippen molar-refractivity contribution in [2.75, 3.05) is 37.0 Å². The minimum atomic E-state index is -3.55. The quantitative estimate of drug-likeness (QED) is 0.698. The van der Waals surface area contributed by atoms with Crippen molar-refractivity contribution in [1.82, 2.24) is 4.31 Å². The number of para-hydroxylation sites is 2. The van der Waals surface area contributed by atoms with Crippen molar-refractivity contribution < 1.29 is 22.7 Å². The van der Waals surface area contributed by atoms with Crippen LogP contribution in [0, 0.1) is 11.8 Å². The molecular formula is C24H29N3O5S. The van der Waals surface area contributed by atoms with Gasteiger partial charge < -0.3 is 15.0 Å². The number of carbonyl (C=O) groups excluding carboxylic acids is 2. The molecule has 8 nitrogen and oxygen atoms in total. The van der Waals surface area contributed by atoms with Crippen molar-refractivity contribution in [2.24, 2.45) is 11.8 Å². The van der Waals surface area contributed by atoms with Crippen molar-refractivity contribution >= 4 is 33.2 Å². The Labute approximate surface area is 194 Å². The standard InChI is InChI=1S/C24H29N3O5S/c1-17-11-13-26(14-12-17)33(30,31)20-9-7-19(8-10-20)27-16-18(15-23(27)28)24(29)25-21-5-3-4-6-22(21)32-2/h3-10,17-18H,11-16H2,1-2H3,(H,25,29)/t18-/m1/s1. The lowest BCUT2D eigenvalue weighted by molar-refractivity contribution is -0.122. The summed E-state index contributed by atoms with van der Waals surface area (Å²) >= 11 is 0. The molecule has 33 heavy (non-hydrogen) atoms. The van der Waals surface area contributed by atoms with Gasteiger partial charge in [-0.1, -0.05) is 19.1 Å². The molecule has 0 unspecified atom stereocenters. The molecule has 2 aromatic carbocycles. The molecule has 0 bridgehead atoms. The lowest BCUT2D eigenvalue weighted by Crippen LogP contribution is -2.37. The SMILES string of the molecule is COc1ccccc1NC(=O)[C@@H]1CC(=O)N(c2ccc(S(=O)(=O)N3CCC(C)CC3)cc2)C1. The predicted molar refractivity (Wildman–Crippen MR) is 126 cm³/mol. The first-order valence-electron chi connectivity index (χ1n) is 11.1. The van der Waals surface area contributed by atoms with E-state index in [0.717, 1.165) is 12.8 Å². The van der Waals surface area contributed by atoms with Crippen LogP contribution >= 0.6 is 0 Å². The van der Waals surface area contributed by atoms with Gasteiger partial charge in [0.05, 0.1) is 23.6 Å². The van der Waals surface area contributed by atoms with Crippen molar-refractivity contribution in [3.8, 4) is 5.75 Å². The first-order valence-corrected chi connectivity index (χ1v) is 12.6. The second-order valence-electron chi connectivity index (χ2n) is 8.68. The maximum atomic E-state index is 12.9. The van der Waals surface area contributed by atoms with Crippen molar-refractivity contribution in [1.29, 1.82) is 0 Å². The molecule has 2 heterocycles. The summed E-state index contributed by atoms with van der Waals surface area (Å²) in [5, 5.41) is 2.84. The minimum Gasteiger partial charge on any atom is -0.495 e. The Morgan fingerprint density at radius 2 is 1.73 bits per heavy atom. The third-order valence-corrected chi connectivity index (χ3v) is 8.30. The molecule has 2 amide bonds. The van der Waals surface area contributed by atoms with Crippen LogP contribution in [0.3, 0.4) is 0 Å². The average Bonchev–Trinajstić information content (AvgIpc) is 3.21. The van der Waals surface area contributed by atoms with E-state index in [4.69, 9.17) is 4.74 Å². The highest BCUT2D eigenvalue weighted by Gasteiger charge is 2.36. The number of piperidine rings is 1. The summed E-state index contributed by atoms with van der Waals surface area (Å²) in [7, 11) is -2.02. The van der Waals surface area contributed by atoms with Gasteiger partial charge in [0.25, 0.3) is 0 Å². The summed E-state index contributed by atoms with van der Waals surface area (Å²) in [4.78, 5) is 27.1. The fourth-order valence-corrected chi connectivity index (χ4v) is 5.76. The number of nitrogens with zero attached hydrogens (tertiary/aromatic N) is 2. The topological polar surface area (TPSA) is 96.0 Å². The van der Waals surface area contributed by atoms with Gasteiger partial charge in [-0.25, -0.2) is 8.42 Å². The van der Waals surface area contributed by atoms with E-state index in [1.165, 1.54) is 28.4 Å². The molecule has 1 atom stereocenters. The highest BCUT2D eigenvalue weighted by Crippen LogP contribution is 2.30. The summed E-state index contributed by atoms with van der Waals surface area (Å²) in [6.45, 7) is 3.42. The number of amides is 2. The number of nitrogens with one attached hydrogen (secondary N) is 1. The number of sulfonamides is 1. The van der Waals surface area contributed by atoms with E-state index in [2.05, 4.69) is 12.2 Å². The number of carbonyl (C=O) groups is 2. The summed E-state index contributed by atoms with van der Waals surface area (Å²) < 4.78 is 32.7. The lowest BCUT2D eigenvalue weighted by atomic mass is 10.0. The Balaban J connectivity index is 1.43. The van der Waals surface area contributed by atoms with Gasteiger partial charge >= 0.3 is 0 Å². The third kappa shape index (κ3) is 4.89. The average molecular weight is 472 g/mol. The van der Waals surface area contributed by atoms with E-state index in [1.54, 1.807) is 30.3 Å². The number of methoxy groups -OCH3 is 1. The lowest BCUT2D eigenvalue weighted by Gasteiger charge is -2.29. The number of hydrogen-bond acceptors (Lipinski definition) is 5. The molecule has 2 aromatic rings. The van der Waals surface area contributed by atoms with E-state index in [1.807, 2.05) is 6.07 Å². The van der Waals surface area contributed by atoms with Gasteiger partial charge in [-0.05, 0) is 55.2 Å². The van der Waals surface area contributed by atoms with Gasteiger partial charge in [-0.15, -0.1) is 0 Å². The molecule has 0 aromatic heterocycles. The zero-order valence-corrected chi connectivity index (χ0v) is 19.7. The first kappa shape index (κ1) is 23.3. The van der Waals surface area contributed by atoms with Crippen molar-refractivity contribution in [3.63, 3.8) is 0 Å². The zero-order valence-electron chi connectivity index (χ0n) is 18.9. The number of benzene rings is 2. The molecule has 9 heteroatoms. The monoisotopic (exact) mass is 471 g/mol. The Kier molecular flexibility index (Phi) is 6.71. The highest BCUT2D eigenvalue weighted by atomic mass is 32.2. The number of ether oxygens (including phenoxy) is 1. The Morgan fingerprint density at radius 1 is 1.06 bits per heavy atom. The molecule has 0 spiro atoms. The predicted octanol–water partition coefficient (Wildman–Crippen LogP) is 3.11. The fourth-order valence-electron chi connectivity index (χ4n) is 4.29. The fraction of sp³-hybridized carbons (Fsp3) is 0.417. The van der Waals surface area contributed by atoms with Crippen LogP contribution in [0.25, 0.3) is 0 Å². The van der Waals surface area contributed by atoms with E-state index in [9.17, 15) is 18.0 Å². The van der Waals surface area contributed by atoms with Crippen LogP contribution in [-0.4, -0.2) is 51.3 Å². The molecule has 2 saturated heterocycles. The first-order chi connectivity index (χ1) is 15.8. The van der Waals surface area contributed by atoms with Crippen molar-refractivity contribution in [3.05, 3.63) is 48.5 Å². The highest BCUT2D eigenvalue weighted by molar-refractivity contribution is 7.89. The van der Waals surface area contributed by atoms with E-state index in [-0.39, 0.29) is 29.7 Å². The molecule has 0 saturated carbocycles. The van der Waals surface area contributed by atoms with Crippen LogP contribution in [0.1, 0.15) is 26.2 Å². The van der Waals surface area contributed by atoms with Gasteiger partial charge in [0.1, 0.15) is 5.75 Å². The van der Waals surface area contributed by atoms with Crippen LogP contribution in [0.15, 0.2) is 53.4 Å². The van der Waals surface area contributed by atoms with Crippen LogP contribution in [0.4, 0.5) is 11.4 Å². The second kappa shape index (κ2) is 9.52. The minimum absolute atomic E-state index is 0.0903. The van der Waals surface area contributed by atoms with Gasteiger partial charge in [-0.2, -0.15) is 4.31 Å². The van der Waals surface area contributed by atoms with Gasteiger partial charge in [0.2, 0.25) is 21.8 Å². The van der Waals surface area contributed by atoms with Gasteiger partial charge in [-0.3, -0.25) is 9.59 Å². The molecule has 0 aliphatic carbocycles. The summed E-state index contributed by atoms with van der Waals surface area (Å²) in [5.74, 6) is 0.144. The Morgan fingerprint density at radius 3 is 2.39 bits per heavy atom. The maximum Gasteiger partial charge on any atom is 0.243 e. The van der Waals surface area contributed by atoms with Crippen LogP contribution in [-0.2, 0) is 19.6 Å². The molecular weight excluding hydrogens is 442 g/mol. The molecule has 0 radical (unpaired) electrons. The maximum absolute atomic E-state index is 12.9.